The smallest absolute Gasteiger partial charge is 0.180 e. The lowest BCUT2D eigenvalue weighted by Gasteiger charge is -2.22. The number of hydrogen-bond acceptors (Lipinski definition) is 5. The summed E-state index contributed by atoms with van der Waals surface area (Å²) in [5.41, 5.74) is 6.77. The van der Waals surface area contributed by atoms with Gasteiger partial charge in [-0.2, -0.15) is 0 Å². The van der Waals surface area contributed by atoms with Crippen LogP contribution in [0.3, 0.4) is 0 Å². The van der Waals surface area contributed by atoms with Crippen molar-refractivity contribution in [1.29, 1.82) is 0 Å². The van der Waals surface area contributed by atoms with Crippen LogP contribution in [0.5, 0.6) is 0 Å². The molecule has 2 heterocycles. The van der Waals surface area contributed by atoms with Crippen LogP contribution in [0.2, 0.25) is 0 Å². The first-order chi connectivity index (χ1) is 8.06. The molecule has 0 bridgehead atoms. The Morgan fingerprint density at radius 3 is 2.82 bits per heavy atom. The number of likely N-dealkylation sites (N-methyl/N-ethyl adjacent to an activating group) is 1. The van der Waals surface area contributed by atoms with Gasteiger partial charge < -0.3 is 15.5 Å². The summed E-state index contributed by atoms with van der Waals surface area (Å²) in [5.74, 6) is 0.755. The predicted octanol–water partition coefficient (Wildman–Crippen LogP) is 1.15. The molecular formula is C12H22N4S. The fraction of sp³-hybridized carbons (Fsp3) is 0.750. The number of nitrogens with zero attached hydrogens (tertiary/aromatic N) is 3. The summed E-state index contributed by atoms with van der Waals surface area (Å²) in [6.45, 7) is 5.81. The summed E-state index contributed by atoms with van der Waals surface area (Å²) in [6, 6.07) is 0.690. The molecule has 1 saturated heterocycles. The molecule has 0 saturated carbocycles. The Morgan fingerprint density at radius 1 is 1.53 bits per heavy atom. The zero-order chi connectivity index (χ0) is 12.4. The minimum atomic E-state index is 0.681. The van der Waals surface area contributed by atoms with Gasteiger partial charge in [0, 0.05) is 37.5 Å². The van der Waals surface area contributed by atoms with Gasteiger partial charge in [-0.1, -0.05) is 6.92 Å². The molecule has 1 fully saturated rings. The highest BCUT2D eigenvalue weighted by Crippen LogP contribution is 2.20. The van der Waals surface area contributed by atoms with Crippen molar-refractivity contribution in [3.63, 3.8) is 0 Å². The summed E-state index contributed by atoms with van der Waals surface area (Å²) >= 11 is 1.53. The van der Waals surface area contributed by atoms with Crippen molar-refractivity contribution < 1.29 is 0 Å². The van der Waals surface area contributed by atoms with Crippen molar-refractivity contribution in [1.82, 2.24) is 14.8 Å². The molecule has 4 nitrogen and oxygen atoms in total. The molecule has 96 valence electrons. The second kappa shape index (κ2) is 5.33. The first-order valence-electron chi connectivity index (χ1n) is 6.15. The average Bonchev–Trinajstić information content (AvgIpc) is 2.82. The van der Waals surface area contributed by atoms with Crippen LogP contribution in [-0.2, 0) is 6.42 Å². The molecule has 2 atom stereocenters. The zero-order valence-corrected chi connectivity index (χ0v) is 11.7. The molecule has 1 aromatic rings. The topological polar surface area (TPSA) is 45.4 Å². The lowest BCUT2D eigenvalue weighted by Crippen LogP contribution is -2.34. The number of aromatic nitrogens is 1. The summed E-state index contributed by atoms with van der Waals surface area (Å²) < 4.78 is 0. The molecule has 2 rings (SSSR count). The van der Waals surface area contributed by atoms with E-state index >= 15 is 0 Å². The first-order valence-corrected chi connectivity index (χ1v) is 7.03. The van der Waals surface area contributed by atoms with E-state index in [9.17, 15) is 0 Å². The third kappa shape index (κ3) is 3.18. The second-order valence-corrected chi connectivity index (χ2v) is 6.08. The van der Waals surface area contributed by atoms with E-state index in [1.54, 1.807) is 0 Å². The van der Waals surface area contributed by atoms with Crippen molar-refractivity contribution in [2.45, 2.75) is 19.4 Å². The molecule has 1 aromatic heterocycles. The highest BCUT2D eigenvalue weighted by molar-refractivity contribution is 7.13. The van der Waals surface area contributed by atoms with E-state index in [4.69, 9.17) is 5.73 Å². The Balaban J connectivity index is 1.81. The number of rotatable bonds is 4. The number of nitrogens with two attached hydrogens (primary N) is 1. The van der Waals surface area contributed by atoms with E-state index in [2.05, 4.69) is 41.2 Å². The van der Waals surface area contributed by atoms with E-state index < -0.39 is 0 Å². The van der Waals surface area contributed by atoms with Gasteiger partial charge in [0.2, 0.25) is 0 Å². The maximum atomic E-state index is 5.63. The SMILES string of the molecule is CC1CN(CCc2csc(N)n2)CC1N(C)C. The molecule has 2 N–H and O–H groups in total. The Labute approximate surface area is 107 Å². The van der Waals surface area contributed by atoms with Gasteiger partial charge in [-0.15, -0.1) is 11.3 Å². The van der Waals surface area contributed by atoms with Gasteiger partial charge in [0.1, 0.15) is 0 Å². The van der Waals surface area contributed by atoms with Gasteiger partial charge in [-0.3, -0.25) is 0 Å². The molecule has 0 radical (unpaired) electrons. The maximum absolute atomic E-state index is 5.63. The van der Waals surface area contributed by atoms with Crippen molar-refractivity contribution >= 4 is 16.5 Å². The van der Waals surface area contributed by atoms with E-state index in [1.165, 1.54) is 24.4 Å². The van der Waals surface area contributed by atoms with E-state index in [0.717, 1.165) is 24.6 Å². The molecule has 0 spiro atoms. The number of anilines is 1. The number of thiazole rings is 1. The lowest BCUT2D eigenvalue weighted by atomic mass is 10.1. The van der Waals surface area contributed by atoms with Crippen molar-refractivity contribution in [2.75, 3.05) is 39.5 Å². The van der Waals surface area contributed by atoms with Gasteiger partial charge in [0.15, 0.2) is 5.13 Å². The minimum absolute atomic E-state index is 0.681. The van der Waals surface area contributed by atoms with Gasteiger partial charge >= 0.3 is 0 Å². The molecule has 0 aliphatic carbocycles. The lowest BCUT2D eigenvalue weighted by molar-refractivity contribution is 0.252. The molecule has 0 amide bonds. The average molecular weight is 254 g/mol. The fourth-order valence-electron chi connectivity index (χ4n) is 2.61. The van der Waals surface area contributed by atoms with Crippen molar-refractivity contribution in [2.24, 2.45) is 5.92 Å². The first kappa shape index (κ1) is 12.8. The van der Waals surface area contributed by atoms with Gasteiger partial charge in [0.05, 0.1) is 5.69 Å². The quantitative estimate of drug-likeness (QED) is 0.875. The second-order valence-electron chi connectivity index (χ2n) is 5.19. The van der Waals surface area contributed by atoms with Crippen LogP contribution < -0.4 is 5.73 Å². The largest absolute Gasteiger partial charge is 0.375 e. The summed E-state index contributed by atoms with van der Waals surface area (Å²) in [4.78, 5) is 9.18. The predicted molar refractivity (Wildman–Crippen MR) is 73.3 cm³/mol. The summed E-state index contributed by atoms with van der Waals surface area (Å²) in [6.07, 6.45) is 1.01. The molecular weight excluding hydrogens is 232 g/mol. The molecule has 17 heavy (non-hydrogen) atoms. The van der Waals surface area contributed by atoms with Crippen LogP contribution in [0.1, 0.15) is 12.6 Å². The molecule has 2 unspecified atom stereocenters. The number of likely N-dealkylation sites (tertiary alicyclic amines) is 1. The van der Waals surface area contributed by atoms with Crippen LogP contribution in [-0.4, -0.2) is 54.6 Å². The highest BCUT2D eigenvalue weighted by Gasteiger charge is 2.30. The van der Waals surface area contributed by atoms with Crippen LogP contribution in [0.25, 0.3) is 0 Å². The minimum Gasteiger partial charge on any atom is -0.375 e. The Bertz CT molecular complexity index is 363. The van der Waals surface area contributed by atoms with E-state index in [-0.39, 0.29) is 0 Å². The van der Waals surface area contributed by atoms with Gasteiger partial charge in [0.25, 0.3) is 0 Å². The molecule has 5 heteroatoms. The zero-order valence-electron chi connectivity index (χ0n) is 10.9. The molecule has 1 aliphatic heterocycles. The van der Waals surface area contributed by atoms with Gasteiger partial charge in [-0.05, 0) is 20.0 Å². The molecule has 0 aromatic carbocycles. The van der Waals surface area contributed by atoms with Crippen LogP contribution in [0, 0.1) is 5.92 Å². The monoisotopic (exact) mass is 254 g/mol. The van der Waals surface area contributed by atoms with E-state index in [1.807, 2.05) is 0 Å². The van der Waals surface area contributed by atoms with Crippen LogP contribution >= 0.6 is 11.3 Å². The maximum Gasteiger partial charge on any atom is 0.180 e. The third-order valence-corrected chi connectivity index (χ3v) is 4.29. The standard InChI is InChI=1S/C12H22N4S/c1-9-6-16(7-11(9)15(2)3)5-4-10-8-17-12(13)14-10/h8-9,11H,4-7H2,1-3H3,(H2,13,14). The Morgan fingerprint density at radius 2 is 2.29 bits per heavy atom. The normalized spacial score (nSPS) is 25.9. The Kier molecular flexibility index (Phi) is 4.01. The van der Waals surface area contributed by atoms with E-state index in [0.29, 0.717) is 11.2 Å². The van der Waals surface area contributed by atoms with Gasteiger partial charge in [-0.25, -0.2) is 4.98 Å². The summed E-state index contributed by atoms with van der Waals surface area (Å²) in [7, 11) is 4.34. The van der Waals surface area contributed by atoms with Crippen molar-refractivity contribution in [3.05, 3.63) is 11.1 Å². The number of hydrogen-bond donors (Lipinski definition) is 1. The van der Waals surface area contributed by atoms with Crippen LogP contribution in [0.15, 0.2) is 5.38 Å². The summed E-state index contributed by atoms with van der Waals surface area (Å²) in [5, 5.41) is 2.75. The fourth-order valence-corrected chi connectivity index (χ4v) is 3.21. The Hall–Kier alpha value is -0.650. The highest BCUT2D eigenvalue weighted by atomic mass is 32.1. The molecule has 1 aliphatic rings. The van der Waals surface area contributed by atoms with Crippen LogP contribution in [0.4, 0.5) is 5.13 Å². The third-order valence-electron chi connectivity index (χ3n) is 3.57. The number of nitrogen functional groups attached to an aromatic ring is 1. The van der Waals surface area contributed by atoms with Crippen molar-refractivity contribution in [3.8, 4) is 0 Å².